The molecule has 1 rings (SSSR count). The summed E-state index contributed by atoms with van der Waals surface area (Å²) < 4.78 is 24.1. The van der Waals surface area contributed by atoms with Crippen LogP contribution in [0.1, 0.15) is 25.7 Å². The van der Waals surface area contributed by atoms with Crippen molar-refractivity contribution in [1.29, 1.82) is 0 Å². The van der Waals surface area contributed by atoms with Crippen molar-refractivity contribution in [3.05, 3.63) is 0 Å². The Labute approximate surface area is 63.2 Å². The van der Waals surface area contributed by atoms with Gasteiger partial charge in [0.2, 0.25) is 0 Å². The van der Waals surface area contributed by atoms with Crippen LogP contribution in [0.3, 0.4) is 0 Å². The van der Waals surface area contributed by atoms with E-state index in [9.17, 15) is 13.6 Å². The molecule has 0 radical (unpaired) electrons. The van der Waals surface area contributed by atoms with Crippen LogP contribution in [0.4, 0.5) is 8.78 Å². The van der Waals surface area contributed by atoms with Gasteiger partial charge >= 0.3 is 0 Å². The van der Waals surface area contributed by atoms with Crippen molar-refractivity contribution in [1.82, 2.24) is 0 Å². The zero-order chi connectivity index (χ0) is 8.48. The predicted octanol–water partition coefficient (Wildman–Crippen LogP) is 1.13. The van der Waals surface area contributed by atoms with Crippen LogP contribution in [-0.4, -0.2) is 22.9 Å². The van der Waals surface area contributed by atoms with Gasteiger partial charge in [-0.2, -0.15) is 0 Å². The van der Waals surface area contributed by atoms with E-state index in [1.807, 2.05) is 0 Å². The summed E-state index contributed by atoms with van der Waals surface area (Å²) in [6.07, 6.45) is -2.75. The lowest BCUT2D eigenvalue weighted by atomic mass is 9.84. The number of ketones is 1. The second-order valence-electron chi connectivity index (χ2n) is 2.94. The van der Waals surface area contributed by atoms with E-state index in [4.69, 9.17) is 5.11 Å². The summed E-state index contributed by atoms with van der Waals surface area (Å²) in [6.45, 7) is 0. The fourth-order valence-electron chi connectivity index (χ4n) is 1.18. The number of carbonyl (C=O) groups is 1. The summed E-state index contributed by atoms with van der Waals surface area (Å²) >= 11 is 0. The second-order valence-corrected chi connectivity index (χ2v) is 2.94. The van der Waals surface area contributed by atoms with Crippen molar-refractivity contribution in [2.24, 2.45) is 0 Å². The minimum absolute atomic E-state index is 0.0321. The number of hydrogen-bond acceptors (Lipinski definition) is 2. The van der Waals surface area contributed by atoms with Crippen molar-refractivity contribution in [3.63, 3.8) is 0 Å². The van der Waals surface area contributed by atoms with E-state index in [2.05, 4.69) is 0 Å². The van der Waals surface area contributed by atoms with Crippen LogP contribution in [0.15, 0.2) is 0 Å². The van der Waals surface area contributed by atoms with Crippen molar-refractivity contribution in [3.8, 4) is 0 Å². The molecule has 0 heterocycles. The molecule has 1 aliphatic carbocycles. The Morgan fingerprint density at radius 3 is 2.18 bits per heavy atom. The van der Waals surface area contributed by atoms with Crippen LogP contribution >= 0.6 is 0 Å². The molecule has 0 aliphatic heterocycles. The van der Waals surface area contributed by atoms with Crippen LogP contribution < -0.4 is 0 Å². The number of alkyl halides is 2. The molecule has 1 saturated carbocycles. The molecular weight excluding hydrogens is 154 g/mol. The van der Waals surface area contributed by atoms with Gasteiger partial charge in [0.1, 0.15) is 11.4 Å². The highest BCUT2D eigenvalue weighted by Gasteiger charge is 2.40. The minimum Gasteiger partial charge on any atom is -0.384 e. The molecule has 0 atom stereocenters. The van der Waals surface area contributed by atoms with Gasteiger partial charge in [0.25, 0.3) is 6.43 Å². The molecule has 0 saturated heterocycles. The van der Waals surface area contributed by atoms with Crippen LogP contribution in [0.2, 0.25) is 0 Å². The topological polar surface area (TPSA) is 37.3 Å². The van der Waals surface area contributed by atoms with E-state index in [0.29, 0.717) is 0 Å². The monoisotopic (exact) mass is 164 g/mol. The largest absolute Gasteiger partial charge is 0.384 e. The number of aliphatic hydroxyl groups is 1. The van der Waals surface area contributed by atoms with E-state index >= 15 is 0 Å². The van der Waals surface area contributed by atoms with E-state index in [-0.39, 0.29) is 31.5 Å². The number of halogens is 2. The first-order valence-corrected chi connectivity index (χ1v) is 3.57. The predicted molar refractivity (Wildman–Crippen MR) is 34.4 cm³/mol. The summed E-state index contributed by atoms with van der Waals surface area (Å²) in [5.41, 5.74) is -1.89. The Kier molecular flexibility index (Phi) is 2.23. The average molecular weight is 164 g/mol. The summed E-state index contributed by atoms with van der Waals surface area (Å²) in [7, 11) is 0. The Morgan fingerprint density at radius 1 is 1.36 bits per heavy atom. The second kappa shape index (κ2) is 2.85. The lowest BCUT2D eigenvalue weighted by molar-refractivity contribution is -0.139. The lowest BCUT2D eigenvalue weighted by Crippen LogP contribution is -2.41. The van der Waals surface area contributed by atoms with E-state index < -0.39 is 12.0 Å². The van der Waals surface area contributed by atoms with Gasteiger partial charge < -0.3 is 5.11 Å². The molecule has 64 valence electrons. The van der Waals surface area contributed by atoms with Crippen molar-refractivity contribution in [2.75, 3.05) is 0 Å². The standard InChI is InChI=1S/C7H10F2O2/c8-6(9)7(11)3-1-5(10)2-4-7/h6,11H,1-4H2. The molecule has 0 aromatic rings. The number of carbonyl (C=O) groups excluding carboxylic acids is 1. The maximum absolute atomic E-state index is 12.1. The Morgan fingerprint density at radius 2 is 1.82 bits per heavy atom. The van der Waals surface area contributed by atoms with Gasteiger partial charge in [-0.1, -0.05) is 0 Å². The molecule has 1 aliphatic rings. The number of rotatable bonds is 1. The maximum Gasteiger partial charge on any atom is 0.266 e. The Balaban J connectivity index is 2.55. The first-order chi connectivity index (χ1) is 5.04. The molecule has 0 aromatic carbocycles. The highest BCUT2D eigenvalue weighted by atomic mass is 19.3. The smallest absolute Gasteiger partial charge is 0.266 e. The van der Waals surface area contributed by atoms with Crippen LogP contribution in [0.5, 0.6) is 0 Å². The average Bonchev–Trinajstić information content (AvgIpc) is 1.95. The maximum atomic E-state index is 12.1. The molecular formula is C7H10F2O2. The lowest BCUT2D eigenvalue weighted by Gasteiger charge is -2.30. The van der Waals surface area contributed by atoms with E-state index in [1.54, 1.807) is 0 Å². The van der Waals surface area contributed by atoms with Crippen LogP contribution in [-0.2, 0) is 4.79 Å². The molecule has 11 heavy (non-hydrogen) atoms. The van der Waals surface area contributed by atoms with E-state index in [0.717, 1.165) is 0 Å². The molecule has 0 bridgehead atoms. The first kappa shape index (κ1) is 8.59. The highest BCUT2D eigenvalue weighted by Crippen LogP contribution is 2.31. The Bertz CT molecular complexity index is 158. The Hall–Kier alpha value is -0.510. The highest BCUT2D eigenvalue weighted by molar-refractivity contribution is 5.79. The zero-order valence-electron chi connectivity index (χ0n) is 6.02. The summed E-state index contributed by atoms with van der Waals surface area (Å²) in [6, 6.07) is 0. The van der Waals surface area contributed by atoms with Gasteiger partial charge in [0.05, 0.1) is 0 Å². The van der Waals surface area contributed by atoms with E-state index in [1.165, 1.54) is 0 Å². The molecule has 0 unspecified atom stereocenters. The number of hydrogen-bond donors (Lipinski definition) is 1. The third-order valence-electron chi connectivity index (χ3n) is 2.08. The van der Waals surface area contributed by atoms with Gasteiger partial charge in [-0.3, -0.25) is 4.79 Å². The van der Waals surface area contributed by atoms with Gasteiger partial charge in [0.15, 0.2) is 0 Å². The zero-order valence-corrected chi connectivity index (χ0v) is 6.02. The van der Waals surface area contributed by atoms with Crippen LogP contribution in [0.25, 0.3) is 0 Å². The fourth-order valence-corrected chi connectivity index (χ4v) is 1.18. The van der Waals surface area contributed by atoms with Gasteiger partial charge in [-0.15, -0.1) is 0 Å². The van der Waals surface area contributed by atoms with Crippen LogP contribution in [0, 0.1) is 0 Å². The third kappa shape index (κ3) is 1.74. The van der Waals surface area contributed by atoms with Crippen molar-refractivity contribution >= 4 is 5.78 Å². The molecule has 0 spiro atoms. The molecule has 0 amide bonds. The van der Waals surface area contributed by atoms with Gasteiger partial charge in [-0.25, -0.2) is 8.78 Å². The summed E-state index contributed by atoms with van der Waals surface area (Å²) in [4.78, 5) is 10.6. The fraction of sp³-hybridized carbons (Fsp3) is 0.857. The normalized spacial score (nSPS) is 24.2. The summed E-state index contributed by atoms with van der Waals surface area (Å²) in [5.74, 6) is -0.0321. The third-order valence-corrected chi connectivity index (χ3v) is 2.08. The molecule has 2 nitrogen and oxygen atoms in total. The van der Waals surface area contributed by atoms with Crippen molar-refractivity contribution in [2.45, 2.75) is 37.7 Å². The molecule has 1 N–H and O–H groups in total. The quantitative estimate of drug-likeness (QED) is 0.630. The van der Waals surface area contributed by atoms with Crippen molar-refractivity contribution < 1.29 is 18.7 Å². The molecule has 1 fully saturated rings. The SMILES string of the molecule is O=C1CCC(O)(C(F)F)CC1. The molecule has 0 aromatic heterocycles. The van der Waals surface area contributed by atoms with Gasteiger partial charge in [0, 0.05) is 12.8 Å². The van der Waals surface area contributed by atoms with Gasteiger partial charge in [-0.05, 0) is 12.8 Å². The number of Topliss-reactive ketones (excluding diaryl/α,β-unsaturated/α-hetero) is 1. The molecule has 4 heteroatoms. The first-order valence-electron chi connectivity index (χ1n) is 3.57. The minimum atomic E-state index is -2.73. The summed E-state index contributed by atoms with van der Waals surface area (Å²) in [5, 5.41) is 9.16.